The van der Waals surface area contributed by atoms with Crippen molar-refractivity contribution in [2.75, 3.05) is 7.11 Å². The second-order valence-corrected chi connectivity index (χ2v) is 3.95. The molecule has 0 aliphatic heterocycles. The Balaban J connectivity index is 2.53. The van der Waals surface area contributed by atoms with Crippen molar-refractivity contribution in [1.82, 2.24) is 0 Å². The van der Waals surface area contributed by atoms with Crippen molar-refractivity contribution in [1.29, 1.82) is 0 Å². The number of esters is 1. The normalized spacial score (nSPS) is 10.1. The smallest absolute Gasteiger partial charge is 0.339 e. The minimum absolute atomic E-state index is 0.158. The Labute approximate surface area is 96.9 Å². The second kappa shape index (κ2) is 4.37. The van der Waals surface area contributed by atoms with Gasteiger partial charge in [0.05, 0.1) is 12.7 Å². The third-order valence-electron chi connectivity index (χ3n) is 2.26. The predicted octanol–water partition coefficient (Wildman–Crippen LogP) is 2.91. The van der Waals surface area contributed by atoms with Crippen LogP contribution in [0.2, 0.25) is 0 Å². The molecule has 0 radical (unpaired) electrons. The van der Waals surface area contributed by atoms with Gasteiger partial charge < -0.3 is 9.84 Å². The van der Waals surface area contributed by atoms with Crippen molar-refractivity contribution < 1.29 is 14.6 Å². The molecule has 0 aliphatic carbocycles. The number of ether oxygens (including phenoxy) is 1. The summed E-state index contributed by atoms with van der Waals surface area (Å²) in [6, 6.07) is 6.91. The maximum absolute atomic E-state index is 11.5. The van der Waals surface area contributed by atoms with Crippen LogP contribution in [-0.2, 0) is 4.74 Å². The lowest BCUT2D eigenvalue weighted by atomic mass is 10.0. The van der Waals surface area contributed by atoms with Gasteiger partial charge in [-0.1, -0.05) is 18.2 Å². The molecule has 0 fully saturated rings. The van der Waals surface area contributed by atoms with E-state index in [1.807, 2.05) is 11.4 Å². The number of hydrogen-bond acceptors (Lipinski definition) is 4. The summed E-state index contributed by atoms with van der Waals surface area (Å²) in [7, 11) is 1.34. The molecule has 0 saturated carbocycles. The number of rotatable bonds is 2. The highest BCUT2D eigenvalue weighted by Gasteiger charge is 2.16. The van der Waals surface area contributed by atoms with Crippen LogP contribution >= 0.6 is 11.3 Å². The minimum Gasteiger partial charge on any atom is -0.507 e. The van der Waals surface area contributed by atoms with E-state index in [0.717, 1.165) is 0 Å². The Morgan fingerprint density at radius 3 is 2.69 bits per heavy atom. The second-order valence-electron chi connectivity index (χ2n) is 3.21. The summed E-state index contributed by atoms with van der Waals surface area (Å²) in [6.07, 6.45) is 0. The van der Waals surface area contributed by atoms with Gasteiger partial charge in [-0.2, -0.15) is 11.3 Å². The molecule has 16 heavy (non-hydrogen) atoms. The topological polar surface area (TPSA) is 46.5 Å². The molecule has 0 spiro atoms. The van der Waals surface area contributed by atoms with Gasteiger partial charge in [-0.25, -0.2) is 4.79 Å². The summed E-state index contributed by atoms with van der Waals surface area (Å²) in [5.74, 6) is -0.231. The van der Waals surface area contributed by atoms with Crippen LogP contribution in [0.4, 0.5) is 0 Å². The lowest BCUT2D eigenvalue weighted by Crippen LogP contribution is -2.00. The summed E-state index contributed by atoms with van der Waals surface area (Å²) in [5, 5.41) is 13.3. The molecular weight excluding hydrogens is 224 g/mol. The first-order valence-corrected chi connectivity index (χ1v) is 5.61. The lowest BCUT2D eigenvalue weighted by Gasteiger charge is -2.04. The molecule has 0 saturated heterocycles. The molecule has 0 unspecified atom stereocenters. The van der Waals surface area contributed by atoms with Crippen molar-refractivity contribution in [3.63, 3.8) is 0 Å². The monoisotopic (exact) mass is 234 g/mol. The Hall–Kier alpha value is -1.81. The van der Waals surface area contributed by atoms with E-state index in [-0.39, 0.29) is 11.7 Å². The molecule has 4 heteroatoms. The van der Waals surface area contributed by atoms with Crippen LogP contribution in [0.5, 0.6) is 5.75 Å². The van der Waals surface area contributed by atoms with E-state index in [9.17, 15) is 9.90 Å². The molecule has 1 aromatic heterocycles. The number of carbonyl (C=O) groups excluding carboxylic acids is 1. The van der Waals surface area contributed by atoms with Crippen molar-refractivity contribution in [2.45, 2.75) is 0 Å². The number of carbonyl (C=O) groups is 1. The molecule has 1 N–H and O–H groups in total. The number of hydrogen-bond donors (Lipinski definition) is 1. The minimum atomic E-state index is -0.389. The zero-order chi connectivity index (χ0) is 11.5. The van der Waals surface area contributed by atoms with Crippen LogP contribution < -0.4 is 0 Å². The molecule has 0 amide bonds. The summed E-state index contributed by atoms with van der Waals surface area (Å²) < 4.78 is 4.68. The number of methoxy groups -OCH3 is 1. The van der Waals surface area contributed by atoms with Crippen molar-refractivity contribution >= 4 is 17.3 Å². The molecule has 1 heterocycles. The maximum Gasteiger partial charge on any atom is 0.339 e. The molecular formula is C12H10O3S. The highest BCUT2D eigenvalue weighted by Crippen LogP contribution is 2.33. The Morgan fingerprint density at radius 2 is 2.00 bits per heavy atom. The van der Waals surface area contributed by atoms with Crippen LogP contribution in [0.25, 0.3) is 11.1 Å². The van der Waals surface area contributed by atoms with E-state index in [1.165, 1.54) is 18.4 Å². The fourth-order valence-corrected chi connectivity index (χ4v) is 2.29. The van der Waals surface area contributed by atoms with Gasteiger partial charge in [0, 0.05) is 16.5 Å². The summed E-state index contributed by atoms with van der Waals surface area (Å²) in [5.41, 5.74) is 1.83. The predicted molar refractivity (Wildman–Crippen MR) is 62.8 cm³/mol. The lowest BCUT2D eigenvalue weighted by molar-refractivity contribution is 0.0602. The molecule has 0 atom stereocenters. The van der Waals surface area contributed by atoms with E-state index in [4.69, 9.17) is 0 Å². The van der Waals surface area contributed by atoms with Gasteiger partial charge in [0.1, 0.15) is 5.75 Å². The average molecular weight is 234 g/mol. The van der Waals surface area contributed by atoms with Crippen molar-refractivity contribution in [3.8, 4) is 16.9 Å². The average Bonchev–Trinajstić information content (AvgIpc) is 2.77. The fraction of sp³-hybridized carbons (Fsp3) is 0.0833. The van der Waals surface area contributed by atoms with Crippen LogP contribution in [0.15, 0.2) is 35.0 Å². The van der Waals surface area contributed by atoms with Gasteiger partial charge in [-0.3, -0.25) is 0 Å². The van der Waals surface area contributed by atoms with Crippen molar-refractivity contribution in [3.05, 3.63) is 40.6 Å². The largest absolute Gasteiger partial charge is 0.507 e. The van der Waals surface area contributed by atoms with E-state index in [2.05, 4.69) is 4.74 Å². The summed E-state index contributed by atoms with van der Waals surface area (Å²) in [6.45, 7) is 0. The van der Waals surface area contributed by atoms with Gasteiger partial charge in [0.25, 0.3) is 0 Å². The highest BCUT2D eigenvalue weighted by atomic mass is 32.1. The van der Waals surface area contributed by atoms with Crippen LogP contribution in [0.3, 0.4) is 0 Å². The number of para-hydroxylation sites is 1. The number of aromatic hydroxyl groups is 1. The summed E-state index contributed by atoms with van der Waals surface area (Å²) >= 11 is 1.40. The number of phenolic OH excluding ortho intramolecular Hbond substituents is 1. The van der Waals surface area contributed by atoms with Gasteiger partial charge in [0.15, 0.2) is 0 Å². The number of phenols is 1. The first kappa shape index (κ1) is 10.7. The Bertz CT molecular complexity index is 516. The van der Waals surface area contributed by atoms with E-state index < -0.39 is 0 Å². The first-order valence-electron chi connectivity index (χ1n) is 4.67. The quantitative estimate of drug-likeness (QED) is 0.813. The summed E-state index contributed by atoms with van der Waals surface area (Å²) in [4.78, 5) is 11.5. The molecule has 1 aromatic carbocycles. The molecule has 0 aliphatic rings. The van der Waals surface area contributed by atoms with Crippen LogP contribution in [0, 0.1) is 0 Å². The number of benzene rings is 1. The standard InChI is InChI=1S/C12H10O3S/c1-15-12(14)10-7-16-6-9(10)8-4-2-3-5-11(8)13/h2-7,13H,1H3. The van der Waals surface area contributed by atoms with Gasteiger partial charge >= 0.3 is 5.97 Å². The van der Waals surface area contributed by atoms with Gasteiger partial charge in [-0.05, 0) is 11.4 Å². The van der Waals surface area contributed by atoms with E-state index in [0.29, 0.717) is 16.7 Å². The number of thiophene rings is 1. The molecule has 0 bridgehead atoms. The van der Waals surface area contributed by atoms with Crippen LogP contribution in [-0.4, -0.2) is 18.2 Å². The van der Waals surface area contributed by atoms with Gasteiger partial charge in [-0.15, -0.1) is 0 Å². The van der Waals surface area contributed by atoms with Gasteiger partial charge in [0.2, 0.25) is 0 Å². The Kier molecular flexibility index (Phi) is 2.92. The van der Waals surface area contributed by atoms with E-state index in [1.54, 1.807) is 23.6 Å². The zero-order valence-corrected chi connectivity index (χ0v) is 9.45. The molecule has 82 valence electrons. The molecule has 3 nitrogen and oxygen atoms in total. The Morgan fingerprint density at radius 1 is 1.25 bits per heavy atom. The highest BCUT2D eigenvalue weighted by molar-refractivity contribution is 7.08. The fourth-order valence-electron chi connectivity index (χ4n) is 1.48. The molecule has 2 aromatic rings. The maximum atomic E-state index is 11.5. The van der Waals surface area contributed by atoms with Crippen molar-refractivity contribution in [2.24, 2.45) is 0 Å². The SMILES string of the molecule is COC(=O)c1cscc1-c1ccccc1O. The third kappa shape index (κ3) is 1.79. The van der Waals surface area contributed by atoms with Crippen LogP contribution in [0.1, 0.15) is 10.4 Å². The molecule has 2 rings (SSSR count). The third-order valence-corrected chi connectivity index (χ3v) is 3.01. The van der Waals surface area contributed by atoms with E-state index >= 15 is 0 Å². The zero-order valence-electron chi connectivity index (χ0n) is 8.64. The first-order chi connectivity index (χ1) is 7.74.